The van der Waals surface area contributed by atoms with Crippen LogP contribution in [-0.4, -0.2) is 65.6 Å². The maximum atomic E-state index is 8.92. The van der Waals surface area contributed by atoms with Crippen molar-refractivity contribution in [2.75, 3.05) is 33.0 Å². The third-order valence-corrected chi connectivity index (χ3v) is 6.57. The van der Waals surface area contributed by atoms with Gasteiger partial charge in [0.2, 0.25) is 5.62 Å². The van der Waals surface area contributed by atoms with Crippen LogP contribution in [0.25, 0.3) is 0 Å². The fourth-order valence-corrected chi connectivity index (χ4v) is 3.75. The summed E-state index contributed by atoms with van der Waals surface area (Å²) in [5.41, 5.74) is 4.35. The Labute approximate surface area is 235 Å². The molecule has 0 radical (unpaired) electrons. The number of hydrogen-bond acceptors (Lipinski definition) is 8. The lowest BCUT2D eigenvalue weighted by atomic mass is 10.2. The van der Waals surface area contributed by atoms with E-state index in [4.69, 9.17) is 30.2 Å². The van der Waals surface area contributed by atoms with Gasteiger partial charge in [0, 0.05) is 32.4 Å². The molecule has 1 aromatic heterocycles. The van der Waals surface area contributed by atoms with Gasteiger partial charge in [-0.15, -0.1) is 5.11 Å². The molecule has 214 valence electrons. The second-order valence-corrected chi connectivity index (χ2v) is 10.1. The number of hydrogen-bond donors (Lipinski definition) is 1. The number of phenolic OH excluding ortho intramolecular Hbond substituents is 1. The Bertz CT molecular complexity index is 1330. The van der Waals surface area contributed by atoms with Crippen LogP contribution >= 0.6 is 0 Å². The summed E-state index contributed by atoms with van der Waals surface area (Å²) in [5.74, 6) is 0.310. The van der Waals surface area contributed by atoms with Gasteiger partial charge < -0.3 is 37.9 Å². The van der Waals surface area contributed by atoms with Crippen LogP contribution < -0.4 is 5.62 Å². The molecule has 0 saturated carbocycles. The first-order valence-corrected chi connectivity index (χ1v) is 13.4. The highest BCUT2D eigenvalue weighted by molar-refractivity contribution is 5.37. The number of ether oxygens (including phenoxy) is 5. The van der Waals surface area contributed by atoms with E-state index in [-0.39, 0.29) is 6.10 Å². The predicted octanol–water partition coefficient (Wildman–Crippen LogP) is 3.82. The van der Waals surface area contributed by atoms with Gasteiger partial charge in [-0.25, -0.2) is 0 Å². The summed E-state index contributed by atoms with van der Waals surface area (Å²) < 4.78 is 37.0. The van der Waals surface area contributed by atoms with Gasteiger partial charge >= 0.3 is 0 Å². The molecule has 4 aliphatic rings. The molecule has 11 nitrogen and oxygen atoms in total. The van der Waals surface area contributed by atoms with Crippen LogP contribution in [0.2, 0.25) is 0 Å². The smallest absolute Gasteiger partial charge is 0.231 e. The van der Waals surface area contributed by atoms with Gasteiger partial charge in [0.15, 0.2) is 0 Å². The van der Waals surface area contributed by atoms with Crippen molar-refractivity contribution in [1.29, 1.82) is 0 Å². The predicted molar refractivity (Wildman–Crippen MR) is 146 cm³/mol. The Morgan fingerprint density at radius 1 is 0.925 bits per heavy atom. The summed E-state index contributed by atoms with van der Waals surface area (Å²) >= 11 is 0. The van der Waals surface area contributed by atoms with E-state index in [1.165, 1.54) is 0 Å². The third kappa shape index (κ3) is 9.39. The quantitative estimate of drug-likeness (QED) is 0.244. The van der Waals surface area contributed by atoms with Crippen molar-refractivity contribution < 1.29 is 30.2 Å². The molecule has 0 amide bonds. The lowest BCUT2D eigenvalue weighted by Gasteiger charge is -2.02. The van der Waals surface area contributed by atoms with Gasteiger partial charge in [0.25, 0.3) is 0 Å². The molecule has 4 unspecified atom stereocenters. The van der Waals surface area contributed by atoms with E-state index in [1.807, 2.05) is 54.9 Å². The second-order valence-electron chi connectivity index (χ2n) is 10.1. The lowest BCUT2D eigenvalue weighted by molar-refractivity contribution is 0.104. The van der Waals surface area contributed by atoms with Gasteiger partial charge in [0.1, 0.15) is 18.0 Å². The zero-order valence-electron chi connectivity index (χ0n) is 24.1. The molecule has 5 heterocycles. The van der Waals surface area contributed by atoms with Gasteiger partial charge in [-0.3, -0.25) is 0 Å². The number of nitrogens with zero attached hydrogens (tertiary/aromatic N) is 5. The minimum atomic E-state index is 0.284. The molecule has 40 heavy (non-hydrogen) atoms. The van der Waals surface area contributed by atoms with E-state index in [0.29, 0.717) is 54.8 Å². The first-order chi connectivity index (χ1) is 19.9. The van der Waals surface area contributed by atoms with E-state index >= 15 is 0 Å². The number of benzene rings is 2. The summed E-state index contributed by atoms with van der Waals surface area (Å²) in [4.78, 5) is 0. The van der Waals surface area contributed by atoms with Crippen LogP contribution in [0, 0.1) is 6.92 Å². The zero-order valence-corrected chi connectivity index (χ0v) is 23.1. The van der Waals surface area contributed by atoms with Crippen LogP contribution in [0.1, 0.15) is 30.7 Å². The number of imidazole rings is 1. The van der Waals surface area contributed by atoms with Gasteiger partial charge in [0.05, 0.1) is 58.9 Å². The van der Waals surface area contributed by atoms with Crippen molar-refractivity contribution in [3.63, 3.8) is 0 Å². The molecule has 4 aliphatic heterocycles. The average molecular weight is 553 g/mol. The van der Waals surface area contributed by atoms with Gasteiger partial charge in [-0.05, 0) is 47.5 Å². The van der Waals surface area contributed by atoms with Crippen molar-refractivity contribution in [1.82, 2.24) is 9.13 Å². The fourth-order valence-electron chi connectivity index (χ4n) is 3.75. The number of aromatic hydroxyl groups is 1. The minimum absolute atomic E-state index is 0.284. The number of epoxide rings is 4. The molecule has 7 rings (SSSR count). The third-order valence-electron chi connectivity index (χ3n) is 6.57. The molecular weight excluding hydrogens is 514 g/mol. The van der Waals surface area contributed by atoms with Crippen molar-refractivity contribution >= 4 is 5.69 Å². The fraction of sp³-hybridized carbons (Fsp3) is 0.483. The summed E-state index contributed by atoms with van der Waals surface area (Å²) in [6.45, 7) is 6.65. The first kappa shape index (κ1) is 26.9. The van der Waals surface area contributed by atoms with Gasteiger partial charge in [-0.2, -0.15) is 0 Å². The SMILES string of the molecule is C1OC1CC1CO1.Oc1ccc(C2CO2)cc1.[2H]c1c(C)n(C)/c(=N\N=Nc2ccc(COCC3CO3)cc2)n1C. The number of phenols is 1. The van der Waals surface area contributed by atoms with Crippen LogP contribution in [0.3, 0.4) is 0 Å². The van der Waals surface area contributed by atoms with E-state index in [9.17, 15) is 0 Å². The molecule has 1 N–H and O–H groups in total. The molecule has 4 saturated heterocycles. The minimum Gasteiger partial charge on any atom is -0.508 e. The van der Waals surface area contributed by atoms with E-state index in [0.717, 1.165) is 49.7 Å². The Balaban J connectivity index is 0.000000159. The summed E-state index contributed by atoms with van der Waals surface area (Å²) in [5, 5.41) is 21.0. The molecule has 0 spiro atoms. The number of rotatable bonds is 9. The Kier molecular flexibility index (Phi) is 8.95. The van der Waals surface area contributed by atoms with E-state index in [2.05, 4.69) is 15.4 Å². The van der Waals surface area contributed by atoms with E-state index < -0.39 is 0 Å². The molecule has 4 atom stereocenters. The first-order valence-electron chi connectivity index (χ1n) is 13.9. The van der Waals surface area contributed by atoms with Crippen LogP contribution in [0.15, 0.2) is 70.1 Å². The molecular formula is C29H37N5O6. The zero-order chi connectivity index (χ0) is 28.8. The molecule has 0 bridgehead atoms. The summed E-state index contributed by atoms with van der Waals surface area (Å²) in [6, 6.07) is 14.8. The molecule has 11 heteroatoms. The monoisotopic (exact) mass is 552 g/mol. The second kappa shape index (κ2) is 13.3. The molecule has 4 fully saturated rings. The highest BCUT2D eigenvalue weighted by Crippen LogP contribution is 2.30. The van der Waals surface area contributed by atoms with Crippen LogP contribution in [0.4, 0.5) is 5.69 Å². The van der Waals surface area contributed by atoms with E-state index in [1.54, 1.807) is 23.7 Å². The van der Waals surface area contributed by atoms with Crippen molar-refractivity contribution in [3.05, 3.63) is 77.1 Å². The maximum Gasteiger partial charge on any atom is 0.231 e. The highest BCUT2D eigenvalue weighted by atomic mass is 16.6. The Morgan fingerprint density at radius 2 is 1.55 bits per heavy atom. The molecule has 0 aliphatic carbocycles. The molecule has 2 aromatic carbocycles. The maximum absolute atomic E-state index is 8.92. The van der Waals surface area contributed by atoms with Gasteiger partial charge in [-0.1, -0.05) is 29.4 Å². The highest BCUT2D eigenvalue weighted by Gasteiger charge is 2.33. The van der Waals surface area contributed by atoms with Crippen molar-refractivity contribution in [2.45, 2.75) is 44.4 Å². The average Bonchev–Trinajstić information content (AvgIpc) is 3.80. The Hall–Kier alpha value is -3.35. The normalized spacial score (nSPS) is 24.5. The largest absolute Gasteiger partial charge is 0.508 e. The topological polar surface area (TPSA) is 127 Å². The standard InChI is InChI=1S/C16H21N5O2.C8H8O2.C5H8O2/c1-12-8-20(2)16(21(12)3)18-19-17-14-6-4-13(5-7-14)9-22-10-15-11-23-15;9-7-3-1-6(2-4-7)8-5-10-8;1(4-2-6-4)5-3-7-5/h4-8,15H,9-11H2,1-3H3;1-4,8-9H,5H2;4-5H,1-3H2/b18-16-,19-17?;;/i8D;;. The summed E-state index contributed by atoms with van der Waals surface area (Å²) in [7, 11) is 3.63. The van der Waals surface area contributed by atoms with Crippen LogP contribution in [0.5, 0.6) is 5.75 Å². The summed E-state index contributed by atoms with van der Waals surface area (Å²) in [6.07, 6.45) is 3.25. The number of aromatic nitrogens is 2. The van der Waals surface area contributed by atoms with Crippen molar-refractivity contribution in [2.24, 2.45) is 29.5 Å². The molecule has 3 aromatic rings. The lowest BCUT2D eigenvalue weighted by Crippen LogP contribution is -2.21. The van der Waals surface area contributed by atoms with Crippen LogP contribution in [-0.2, 0) is 44.4 Å². The van der Waals surface area contributed by atoms with Crippen molar-refractivity contribution in [3.8, 4) is 5.75 Å². The Morgan fingerprint density at radius 3 is 2.08 bits per heavy atom.